The largest absolute Gasteiger partial charge is 0.456 e. The van der Waals surface area contributed by atoms with Crippen LogP contribution in [0.5, 0.6) is 0 Å². The molecule has 3 N–H and O–H groups in total. The predicted octanol–water partition coefficient (Wildman–Crippen LogP) is 2.42. The summed E-state index contributed by atoms with van der Waals surface area (Å²) in [5.41, 5.74) is 7.30. The van der Waals surface area contributed by atoms with Gasteiger partial charge in [-0.05, 0) is 45.4 Å². The molecule has 0 spiro atoms. The molecule has 0 saturated carbocycles. The number of anilines is 2. The summed E-state index contributed by atoms with van der Waals surface area (Å²) in [6, 6.07) is 5.38. The van der Waals surface area contributed by atoms with E-state index in [0.717, 1.165) is 18.7 Å². The molecule has 0 unspecified atom stereocenters. The van der Waals surface area contributed by atoms with Gasteiger partial charge in [0.25, 0.3) is 0 Å². The zero-order chi connectivity index (χ0) is 14.8. The van der Waals surface area contributed by atoms with Gasteiger partial charge in [0, 0.05) is 6.61 Å². The Balaban J connectivity index is 2.13. The molecule has 0 amide bonds. The number of hydrogen-bond donors (Lipinski definition) is 2. The highest BCUT2D eigenvalue weighted by Crippen LogP contribution is 2.24. The highest BCUT2D eigenvalue weighted by atomic mass is 16.6. The van der Waals surface area contributed by atoms with Crippen LogP contribution >= 0.6 is 0 Å². The standard InChI is InChI=1S/C15H22N2O3/c1-15(2,3)20-14(18)10-4-5-12(16)13(8-10)17-11-6-7-19-9-11/h4-5,8,11,17H,6-7,9,16H2,1-3H3/t11-/m0/s1. The predicted molar refractivity (Wildman–Crippen MR) is 78.9 cm³/mol. The monoisotopic (exact) mass is 278 g/mol. The summed E-state index contributed by atoms with van der Waals surface area (Å²) in [6.07, 6.45) is 0.941. The van der Waals surface area contributed by atoms with Crippen LogP contribution in [0.25, 0.3) is 0 Å². The number of benzene rings is 1. The van der Waals surface area contributed by atoms with Gasteiger partial charge < -0.3 is 20.5 Å². The maximum Gasteiger partial charge on any atom is 0.338 e. The number of hydrogen-bond acceptors (Lipinski definition) is 5. The van der Waals surface area contributed by atoms with Gasteiger partial charge in [-0.3, -0.25) is 0 Å². The Kier molecular flexibility index (Phi) is 4.18. The van der Waals surface area contributed by atoms with Crippen LogP contribution in [0.1, 0.15) is 37.6 Å². The Morgan fingerprint density at radius 3 is 2.80 bits per heavy atom. The van der Waals surface area contributed by atoms with E-state index in [4.69, 9.17) is 15.2 Å². The van der Waals surface area contributed by atoms with E-state index in [9.17, 15) is 4.79 Å². The minimum Gasteiger partial charge on any atom is -0.456 e. The first-order valence-corrected chi connectivity index (χ1v) is 6.82. The first-order chi connectivity index (χ1) is 9.35. The van der Waals surface area contributed by atoms with Crippen molar-refractivity contribution in [1.29, 1.82) is 0 Å². The fourth-order valence-electron chi connectivity index (χ4n) is 2.01. The molecule has 1 heterocycles. The normalized spacial score (nSPS) is 18.9. The number of rotatable bonds is 3. The lowest BCUT2D eigenvalue weighted by Gasteiger charge is -2.20. The summed E-state index contributed by atoms with van der Waals surface area (Å²) in [5.74, 6) is -0.344. The fraction of sp³-hybridized carbons (Fsp3) is 0.533. The minimum absolute atomic E-state index is 0.242. The van der Waals surface area contributed by atoms with Crippen LogP contribution in [0.4, 0.5) is 11.4 Å². The summed E-state index contributed by atoms with van der Waals surface area (Å²) in [5, 5.41) is 3.31. The molecule has 0 bridgehead atoms. The third-order valence-corrected chi connectivity index (χ3v) is 2.98. The van der Waals surface area contributed by atoms with Crippen molar-refractivity contribution in [3.8, 4) is 0 Å². The molecule has 1 aliphatic heterocycles. The average Bonchev–Trinajstić information content (AvgIpc) is 2.82. The van der Waals surface area contributed by atoms with E-state index in [1.807, 2.05) is 20.8 Å². The summed E-state index contributed by atoms with van der Waals surface area (Å²) in [4.78, 5) is 12.0. The Bertz CT molecular complexity index is 488. The number of esters is 1. The third-order valence-electron chi connectivity index (χ3n) is 2.98. The Morgan fingerprint density at radius 2 is 2.20 bits per heavy atom. The van der Waals surface area contributed by atoms with Crippen molar-refractivity contribution in [2.75, 3.05) is 24.3 Å². The Labute approximate surface area is 119 Å². The number of carbonyl (C=O) groups excluding carboxylic acids is 1. The van der Waals surface area contributed by atoms with Gasteiger partial charge in [-0.1, -0.05) is 0 Å². The lowest BCUT2D eigenvalue weighted by Crippen LogP contribution is -2.24. The van der Waals surface area contributed by atoms with Crippen molar-refractivity contribution < 1.29 is 14.3 Å². The minimum atomic E-state index is -0.509. The lowest BCUT2D eigenvalue weighted by atomic mass is 10.1. The van der Waals surface area contributed by atoms with E-state index in [1.165, 1.54) is 0 Å². The molecule has 5 nitrogen and oxygen atoms in total. The maximum atomic E-state index is 12.0. The van der Waals surface area contributed by atoms with Crippen molar-refractivity contribution in [2.24, 2.45) is 0 Å². The van der Waals surface area contributed by atoms with Gasteiger partial charge in [0.15, 0.2) is 0 Å². The van der Waals surface area contributed by atoms with E-state index in [2.05, 4.69) is 5.32 Å². The number of nitrogens with one attached hydrogen (secondary N) is 1. The van der Waals surface area contributed by atoms with E-state index >= 15 is 0 Å². The van der Waals surface area contributed by atoms with Crippen molar-refractivity contribution in [1.82, 2.24) is 0 Å². The lowest BCUT2D eigenvalue weighted by molar-refractivity contribution is 0.00696. The molecule has 20 heavy (non-hydrogen) atoms. The molecule has 1 atom stereocenters. The van der Waals surface area contributed by atoms with Crippen molar-refractivity contribution >= 4 is 17.3 Å². The Hall–Kier alpha value is -1.75. The molecule has 110 valence electrons. The molecule has 1 aromatic carbocycles. The summed E-state index contributed by atoms with van der Waals surface area (Å²) in [7, 11) is 0. The average molecular weight is 278 g/mol. The van der Waals surface area contributed by atoms with Gasteiger partial charge in [-0.25, -0.2) is 4.79 Å². The van der Waals surface area contributed by atoms with Gasteiger partial charge in [0.05, 0.1) is 29.6 Å². The quantitative estimate of drug-likeness (QED) is 0.656. The zero-order valence-corrected chi connectivity index (χ0v) is 12.2. The molecule has 0 radical (unpaired) electrons. The molecule has 1 aliphatic rings. The molecular formula is C15H22N2O3. The summed E-state index contributed by atoms with van der Waals surface area (Å²) in [6.45, 7) is 6.95. The highest BCUT2D eigenvalue weighted by Gasteiger charge is 2.20. The molecule has 1 fully saturated rings. The second-order valence-corrected chi connectivity index (χ2v) is 6.01. The van der Waals surface area contributed by atoms with Crippen LogP contribution in [0.2, 0.25) is 0 Å². The SMILES string of the molecule is CC(C)(C)OC(=O)c1ccc(N)c(N[C@H]2CCOC2)c1. The van der Waals surface area contributed by atoms with Crippen LogP contribution in [0.3, 0.4) is 0 Å². The van der Waals surface area contributed by atoms with Gasteiger partial charge in [-0.2, -0.15) is 0 Å². The molecule has 1 saturated heterocycles. The van der Waals surface area contributed by atoms with Crippen LogP contribution in [-0.4, -0.2) is 30.8 Å². The first kappa shape index (κ1) is 14.7. The summed E-state index contributed by atoms with van der Waals surface area (Å²) >= 11 is 0. The van der Waals surface area contributed by atoms with Crippen molar-refractivity contribution in [2.45, 2.75) is 38.8 Å². The molecule has 0 aliphatic carbocycles. The van der Waals surface area contributed by atoms with E-state index in [-0.39, 0.29) is 12.0 Å². The molecule has 5 heteroatoms. The van der Waals surface area contributed by atoms with Gasteiger partial charge in [0.1, 0.15) is 5.60 Å². The maximum absolute atomic E-state index is 12.0. The van der Waals surface area contributed by atoms with Crippen molar-refractivity contribution in [3.63, 3.8) is 0 Å². The topological polar surface area (TPSA) is 73.6 Å². The molecule has 2 rings (SSSR count). The third kappa shape index (κ3) is 3.87. The van der Waals surface area contributed by atoms with Crippen LogP contribution in [0.15, 0.2) is 18.2 Å². The van der Waals surface area contributed by atoms with Crippen LogP contribution in [0, 0.1) is 0 Å². The first-order valence-electron chi connectivity index (χ1n) is 6.82. The van der Waals surface area contributed by atoms with E-state index < -0.39 is 5.60 Å². The molecule has 0 aromatic heterocycles. The second-order valence-electron chi connectivity index (χ2n) is 6.01. The van der Waals surface area contributed by atoms with Gasteiger partial charge in [0.2, 0.25) is 0 Å². The van der Waals surface area contributed by atoms with Gasteiger partial charge >= 0.3 is 5.97 Å². The molecular weight excluding hydrogens is 256 g/mol. The van der Waals surface area contributed by atoms with Crippen molar-refractivity contribution in [3.05, 3.63) is 23.8 Å². The fourth-order valence-corrected chi connectivity index (χ4v) is 2.01. The number of carbonyl (C=O) groups is 1. The number of ether oxygens (including phenoxy) is 2. The van der Waals surface area contributed by atoms with E-state index in [0.29, 0.717) is 17.9 Å². The highest BCUT2D eigenvalue weighted by molar-refractivity contribution is 5.92. The smallest absolute Gasteiger partial charge is 0.338 e. The Morgan fingerprint density at radius 1 is 1.45 bits per heavy atom. The second kappa shape index (κ2) is 5.71. The number of nitrogen functional groups attached to an aromatic ring is 1. The number of nitrogens with two attached hydrogens (primary N) is 1. The van der Waals surface area contributed by atoms with E-state index in [1.54, 1.807) is 18.2 Å². The zero-order valence-electron chi connectivity index (χ0n) is 12.2. The van der Waals surface area contributed by atoms with Crippen LogP contribution in [-0.2, 0) is 9.47 Å². The van der Waals surface area contributed by atoms with Crippen LogP contribution < -0.4 is 11.1 Å². The van der Waals surface area contributed by atoms with Gasteiger partial charge in [-0.15, -0.1) is 0 Å². The summed E-state index contributed by atoms with van der Waals surface area (Å²) < 4.78 is 10.7. The molecule has 1 aromatic rings.